The molecule has 0 bridgehead atoms. The Labute approximate surface area is 663 Å². The Kier molecular flexibility index (Phi) is 28.7. The number of amides is 5. The van der Waals surface area contributed by atoms with Crippen molar-refractivity contribution in [1.82, 2.24) is 44.6 Å². The van der Waals surface area contributed by atoms with Crippen molar-refractivity contribution >= 4 is 104 Å². The van der Waals surface area contributed by atoms with Gasteiger partial charge in [-0.3, -0.25) is 19.5 Å². The van der Waals surface area contributed by atoms with Crippen molar-refractivity contribution in [2.75, 3.05) is 191 Å². The number of anilines is 13. The van der Waals surface area contributed by atoms with Crippen LogP contribution in [-0.2, 0) is 22.4 Å². The van der Waals surface area contributed by atoms with Gasteiger partial charge in [0.05, 0.1) is 50.2 Å². The number of hydrogen-bond acceptors (Lipinski definition) is 20. The number of aryl methyl sites for hydroxylation is 5. The molecule has 13 rings (SSSR count). The van der Waals surface area contributed by atoms with E-state index in [0.29, 0.717) is 82.4 Å². The first-order chi connectivity index (χ1) is 54.2. The summed E-state index contributed by atoms with van der Waals surface area (Å²) < 4.78 is 16.4. The molecule has 10 aromatic rings. The van der Waals surface area contributed by atoms with Crippen LogP contribution in [0.4, 0.5) is 84.2 Å². The Morgan fingerprint density at radius 1 is 0.518 bits per heavy atom. The lowest BCUT2D eigenvalue weighted by atomic mass is 9.99. The molecule has 3 aromatic heterocycles. The van der Waals surface area contributed by atoms with Crippen LogP contribution in [0.3, 0.4) is 0 Å². The molecule has 25 nitrogen and oxygen atoms in total. The van der Waals surface area contributed by atoms with Crippen LogP contribution in [0.25, 0.3) is 0 Å². The number of ether oxygens (including phenoxy) is 3. The lowest BCUT2D eigenvalue weighted by Gasteiger charge is -2.35. The minimum atomic E-state index is -0.340. The van der Waals surface area contributed by atoms with E-state index < -0.39 is 0 Å². The van der Waals surface area contributed by atoms with Crippen LogP contribution in [0, 0.1) is 34.6 Å². The molecule has 4 N–H and O–H groups in total. The first-order valence-electron chi connectivity index (χ1n) is 37.9. The van der Waals surface area contributed by atoms with Crippen LogP contribution < -0.4 is 60.1 Å². The fourth-order valence-corrected chi connectivity index (χ4v) is 13.8. The molecule has 6 heterocycles. The van der Waals surface area contributed by atoms with Gasteiger partial charge in [-0.05, 0) is 179 Å². The van der Waals surface area contributed by atoms with Crippen molar-refractivity contribution in [1.29, 1.82) is 0 Å². The van der Waals surface area contributed by atoms with Crippen LogP contribution in [0.2, 0.25) is 5.02 Å². The van der Waals surface area contributed by atoms with Gasteiger partial charge in [0.1, 0.15) is 59.1 Å². The van der Waals surface area contributed by atoms with Gasteiger partial charge in [0.25, 0.3) is 0 Å². The highest BCUT2D eigenvalue weighted by molar-refractivity contribution is 6.34. The van der Waals surface area contributed by atoms with Crippen molar-refractivity contribution in [3.8, 4) is 11.5 Å². The third-order valence-corrected chi connectivity index (χ3v) is 20.7. The molecule has 0 radical (unpaired) electrons. The number of halogens is 1. The lowest BCUT2D eigenvalue weighted by molar-refractivity contribution is -0.117. The summed E-state index contributed by atoms with van der Waals surface area (Å²) in [4.78, 5) is 85.9. The normalized spacial score (nSPS) is 13.8. The highest BCUT2D eigenvalue weighted by Gasteiger charge is 2.27. The fraction of sp³-hybridized carbons (Fsp3) is 0.337. The molecule has 0 spiro atoms. The van der Waals surface area contributed by atoms with Crippen molar-refractivity contribution in [2.45, 2.75) is 54.4 Å². The summed E-state index contributed by atoms with van der Waals surface area (Å²) in [6.45, 7) is 26.6. The second kappa shape index (κ2) is 39.4. The van der Waals surface area contributed by atoms with Crippen LogP contribution in [-0.4, -0.2) is 203 Å². The minimum Gasteiger partial charge on any atom is -0.497 e. The van der Waals surface area contributed by atoms with Gasteiger partial charge >= 0.3 is 12.1 Å². The Balaban J connectivity index is 0.000000167. The Bertz CT molecular complexity index is 4710. The molecule has 7 aromatic carbocycles. The van der Waals surface area contributed by atoms with E-state index in [1.807, 2.05) is 107 Å². The lowest BCUT2D eigenvalue weighted by Crippen LogP contribution is -2.46. The summed E-state index contributed by atoms with van der Waals surface area (Å²) in [5.74, 6) is 4.33. The van der Waals surface area contributed by atoms with Gasteiger partial charge in [-0.15, -0.1) is 0 Å². The molecule has 0 aliphatic carbocycles. The summed E-state index contributed by atoms with van der Waals surface area (Å²) in [7, 11) is 10.8. The molecule has 3 aliphatic heterocycles. The molecule has 112 heavy (non-hydrogen) atoms. The summed E-state index contributed by atoms with van der Waals surface area (Å²) in [6.07, 6.45) is 5.38. The third-order valence-electron chi connectivity index (χ3n) is 20.4. The van der Waals surface area contributed by atoms with E-state index in [2.05, 4.69) is 157 Å². The van der Waals surface area contributed by atoms with Gasteiger partial charge in [0, 0.05) is 158 Å². The number of aromatic nitrogens is 6. The molecule has 0 atom stereocenters. The zero-order valence-corrected chi connectivity index (χ0v) is 67.1. The number of piperazine rings is 3. The van der Waals surface area contributed by atoms with Gasteiger partial charge in [-0.1, -0.05) is 79.2 Å². The van der Waals surface area contributed by atoms with Crippen molar-refractivity contribution in [3.05, 3.63) is 232 Å². The number of hydrogen-bond donors (Lipinski definition) is 4. The largest absolute Gasteiger partial charge is 0.497 e. The summed E-state index contributed by atoms with van der Waals surface area (Å²) >= 11 is 6.23. The van der Waals surface area contributed by atoms with E-state index >= 15 is 0 Å². The van der Waals surface area contributed by atoms with Gasteiger partial charge in [0.15, 0.2) is 0 Å². The molecule has 5 amide bonds. The fourth-order valence-electron chi connectivity index (χ4n) is 13.5. The molecule has 3 fully saturated rings. The Morgan fingerprint density at radius 2 is 1.02 bits per heavy atom. The number of rotatable bonds is 23. The number of carbonyl (C=O) groups excluding carboxylic acids is 3. The van der Waals surface area contributed by atoms with Gasteiger partial charge in [0.2, 0.25) is 5.91 Å². The van der Waals surface area contributed by atoms with E-state index in [9.17, 15) is 14.4 Å². The van der Waals surface area contributed by atoms with Crippen LogP contribution >= 0.6 is 11.6 Å². The van der Waals surface area contributed by atoms with Gasteiger partial charge < -0.3 is 64.9 Å². The third kappa shape index (κ3) is 21.8. The highest BCUT2D eigenvalue weighted by atomic mass is 35.5. The number of urea groups is 2. The molecule has 0 saturated carbocycles. The Morgan fingerprint density at radius 3 is 1.54 bits per heavy atom. The van der Waals surface area contributed by atoms with Crippen molar-refractivity contribution in [2.24, 2.45) is 0 Å². The number of likely N-dealkylation sites (N-methyl/N-ethyl adjacent to an activating group) is 3. The number of para-hydroxylation sites is 2. The number of carbonyl (C=O) groups is 3. The molecule has 3 saturated heterocycles. The molecular weight excluding hydrogens is 1430 g/mol. The highest BCUT2D eigenvalue weighted by Crippen LogP contribution is 2.38. The summed E-state index contributed by atoms with van der Waals surface area (Å²) in [5.41, 5.74) is 14.6. The molecule has 26 heteroatoms. The van der Waals surface area contributed by atoms with Gasteiger partial charge in [-0.2, -0.15) is 0 Å². The number of methoxy groups -OCH3 is 3. The first-order valence-corrected chi connectivity index (χ1v) is 38.3. The van der Waals surface area contributed by atoms with Crippen molar-refractivity contribution in [3.63, 3.8) is 0 Å². The summed E-state index contributed by atoms with van der Waals surface area (Å²) in [6, 6.07) is 52.9. The average molecular weight is 1540 g/mol. The van der Waals surface area contributed by atoms with Crippen LogP contribution in [0.15, 0.2) is 183 Å². The van der Waals surface area contributed by atoms with Crippen LogP contribution in [0.1, 0.15) is 51.7 Å². The maximum atomic E-state index is 14.1. The second-order valence-electron chi connectivity index (χ2n) is 28.1. The Hall–Kier alpha value is -11.5. The molecule has 586 valence electrons. The van der Waals surface area contributed by atoms with E-state index in [1.165, 1.54) is 34.6 Å². The monoisotopic (exact) mass is 1530 g/mol. The molecule has 0 unspecified atom stereocenters. The maximum absolute atomic E-state index is 14.1. The quantitative estimate of drug-likeness (QED) is 0.0466. The molecular formula is C86H104ClN19O6. The minimum absolute atomic E-state index is 0.114. The number of nitrogens with zero attached hydrogens (tertiary/aromatic N) is 15. The van der Waals surface area contributed by atoms with E-state index in [4.69, 9.17) is 30.8 Å². The maximum Gasteiger partial charge on any atom is 0.327 e. The standard InChI is InChI=1S/C34H39N5O3.C28H37N7O2.C24H28ClN7O/c1-24-7-6-8-25(2)29(24)23-34(40)39(30-14-13-28(41-4)22-31(30)42-5)33-15-16-35-32(36-33)21-26-9-11-27(12-10-26)38-19-17-37(3)18-20-38;1-5-33-13-15-34(16-14-33)24-11-9-23(10-12-24)31-25-19-26(30-20-29-25)35(17-18-37-4)28(36)32-27-21(2)7-6-8-22(27)3;1-17-5-4-6-20(25)23(17)29-24(33)31(3)22-15-21(26-16-27-22)28-18-7-9-19(10-8-18)32-13-11-30(2)12-14-32/h6-16,22H,17-21,23H2,1-5H3;6-12,19-20H,5,13-18H2,1-4H3,(H,32,36)(H,29,30,31);4-10,15-16H,11-14H2,1-3H3,(H,29,33)(H,26,27,28). The molecule has 3 aliphatic rings. The van der Waals surface area contributed by atoms with Crippen LogP contribution in [0.5, 0.6) is 11.5 Å². The topological polar surface area (TPSA) is 234 Å². The second-order valence-corrected chi connectivity index (χ2v) is 28.5. The van der Waals surface area contributed by atoms with E-state index in [-0.39, 0.29) is 24.4 Å². The number of nitrogens with one attached hydrogen (secondary N) is 4. The van der Waals surface area contributed by atoms with Gasteiger partial charge in [-0.25, -0.2) is 39.5 Å². The summed E-state index contributed by atoms with van der Waals surface area (Å²) in [5, 5.41) is 13.0. The van der Waals surface area contributed by atoms with Crippen molar-refractivity contribution < 1.29 is 28.6 Å². The first kappa shape index (κ1) is 81.5. The predicted molar refractivity (Wildman–Crippen MR) is 453 cm³/mol. The SMILES string of the molecule is CCN1CCN(c2ccc(Nc3cc(N(CCOC)C(=O)Nc4c(C)cccc4C)ncn3)cc2)CC1.COc1ccc(N(C(=O)Cc2c(C)cccc2C)c2ccnc(Cc3ccc(N4CCN(C)CC4)cc3)n2)c(OC)c1.Cc1cccc(Cl)c1NC(=O)N(C)c1cc(Nc2ccc(N3CCN(C)CC3)cc2)ncn1. The zero-order valence-electron chi connectivity index (χ0n) is 66.4. The number of benzene rings is 7. The average Bonchev–Trinajstić information content (AvgIpc) is 0.790. The van der Waals surface area contributed by atoms with E-state index in [0.717, 1.165) is 141 Å². The van der Waals surface area contributed by atoms with E-state index in [1.54, 1.807) is 74.7 Å². The zero-order chi connectivity index (χ0) is 79.2. The predicted octanol–water partition coefficient (Wildman–Crippen LogP) is 14.6. The smallest absolute Gasteiger partial charge is 0.327 e.